The minimum Gasteiger partial charge on any atom is -0.384 e. The van der Waals surface area contributed by atoms with Gasteiger partial charge in [-0.2, -0.15) is 11.8 Å². The lowest BCUT2D eigenvalue weighted by atomic mass is 10.1. The zero-order chi connectivity index (χ0) is 15.1. The van der Waals surface area contributed by atoms with Crippen LogP contribution in [-0.2, 0) is 11.5 Å². The van der Waals surface area contributed by atoms with Crippen molar-refractivity contribution < 1.29 is 9.50 Å². The predicted molar refractivity (Wildman–Crippen MR) is 86.8 cm³/mol. The average Bonchev–Trinajstić information content (AvgIpc) is 2.49. The summed E-state index contributed by atoms with van der Waals surface area (Å²) in [7, 11) is 0. The van der Waals surface area contributed by atoms with Crippen molar-refractivity contribution in [3.63, 3.8) is 0 Å². The molecule has 21 heavy (non-hydrogen) atoms. The fourth-order valence-corrected chi connectivity index (χ4v) is 2.91. The summed E-state index contributed by atoms with van der Waals surface area (Å²) in [6, 6.07) is 12.3. The molecule has 0 fully saturated rings. The van der Waals surface area contributed by atoms with Gasteiger partial charge in [-0.3, -0.25) is 0 Å². The maximum absolute atomic E-state index is 13.2. The van der Waals surface area contributed by atoms with Crippen LogP contribution in [0.4, 0.5) is 4.39 Å². The average molecular weight is 321 g/mol. The van der Waals surface area contributed by atoms with Gasteiger partial charge in [0, 0.05) is 22.1 Å². The molecular formula is C17H14ClFOS. The lowest BCUT2D eigenvalue weighted by Gasteiger charge is -2.06. The van der Waals surface area contributed by atoms with Crippen LogP contribution in [0.2, 0.25) is 5.02 Å². The maximum Gasteiger partial charge on any atom is 0.124 e. The SMILES string of the molecule is OCC#Cc1cc(F)ccc1CSCc1ccc(Cl)cc1. The van der Waals surface area contributed by atoms with Gasteiger partial charge in [0.05, 0.1) is 0 Å². The number of hydrogen-bond acceptors (Lipinski definition) is 2. The second-order valence-electron chi connectivity index (χ2n) is 4.38. The Labute approximate surface area is 133 Å². The number of aliphatic hydroxyl groups excluding tert-OH is 1. The molecule has 0 unspecified atom stereocenters. The molecule has 0 atom stereocenters. The van der Waals surface area contributed by atoms with Gasteiger partial charge < -0.3 is 5.11 Å². The number of rotatable bonds is 4. The minimum absolute atomic E-state index is 0.228. The first kappa shape index (κ1) is 15.9. The highest BCUT2D eigenvalue weighted by molar-refractivity contribution is 7.97. The van der Waals surface area contributed by atoms with E-state index in [9.17, 15) is 4.39 Å². The van der Waals surface area contributed by atoms with Crippen LogP contribution in [0, 0.1) is 17.7 Å². The van der Waals surface area contributed by atoms with Crippen molar-refractivity contribution in [3.05, 3.63) is 70.0 Å². The van der Waals surface area contributed by atoms with Crippen LogP contribution in [0.25, 0.3) is 0 Å². The van der Waals surface area contributed by atoms with Crippen molar-refractivity contribution in [1.29, 1.82) is 0 Å². The van der Waals surface area contributed by atoms with Gasteiger partial charge in [-0.15, -0.1) is 0 Å². The van der Waals surface area contributed by atoms with Crippen molar-refractivity contribution in [2.45, 2.75) is 11.5 Å². The number of halogens is 2. The number of thioether (sulfide) groups is 1. The van der Waals surface area contributed by atoms with Crippen LogP contribution in [0.1, 0.15) is 16.7 Å². The highest BCUT2D eigenvalue weighted by Gasteiger charge is 2.03. The van der Waals surface area contributed by atoms with Crippen LogP contribution in [0.15, 0.2) is 42.5 Å². The molecule has 4 heteroatoms. The monoisotopic (exact) mass is 320 g/mol. The largest absolute Gasteiger partial charge is 0.384 e. The molecule has 0 aliphatic carbocycles. The van der Waals surface area contributed by atoms with Crippen LogP contribution < -0.4 is 0 Å². The second-order valence-corrected chi connectivity index (χ2v) is 5.80. The van der Waals surface area contributed by atoms with E-state index in [2.05, 4.69) is 11.8 Å². The molecule has 108 valence electrons. The van der Waals surface area contributed by atoms with Gasteiger partial charge in [0.1, 0.15) is 12.4 Å². The van der Waals surface area contributed by atoms with Gasteiger partial charge in [-0.05, 0) is 35.4 Å². The molecule has 0 amide bonds. The smallest absolute Gasteiger partial charge is 0.124 e. The Bertz CT molecular complexity index is 659. The van der Waals surface area contributed by atoms with Crippen LogP contribution in [0.3, 0.4) is 0 Å². The third-order valence-corrected chi connectivity index (χ3v) is 4.12. The number of aliphatic hydroxyl groups is 1. The van der Waals surface area contributed by atoms with Gasteiger partial charge in [0.15, 0.2) is 0 Å². The van der Waals surface area contributed by atoms with E-state index in [1.807, 2.05) is 24.3 Å². The molecule has 2 aromatic carbocycles. The van der Waals surface area contributed by atoms with Crippen molar-refractivity contribution in [1.82, 2.24) is 0 Å². The van der Waals surface area contributed by atoms with Gasteiger partial charge in [0.2, 0.25) is 0 Å². The quantitative estimate of drug-likeness (QED) is 0.850. The number of hydrogen-bond donors (Lipinski definition) is 1. The molecule has 0 radical (unpaired) electrons. The lowest BCUT2D eigenvalue weighted by Crippen LogP contribution is -1.91. The Morgan fingerprint density at radius 3 is 2.57 bits per heavy atom. The summed E-state index contributed by atoms with van der Waals surface area (Å²) in [6.07, 6.45) is 0. The highest BCUT2D eigenvalue weighted by Crippen LogP contribution is 2.21. The molecule has 1 nitrogen and oxygen atoms in total. The van der Waals surface area contributed by atoms with E-state index in [1.54, 1.807) is 17.8 Å². The van der Waals surface area contributed by atoms with E-state index >= 15 is 0 Å². The van der Waals surface area contributed by atoms with Gasteiger partial charge in [0.25, 0.3) is 0 Å². The third-order valence-electron chi connectivity index (χ3n) is 2.81. The molecule has 0 saturated heterocycles. The first-order valence-corrected chi connectivity index (χ1v) is 7.92. The Morgan fingerprint density at radius 2 is 1.86 bits per heavy atom. The lowest BCUT2D eigenvalue weighted by molar-refractivity contribution is 0.350. The van der Waals surface area contributed by atoms with Crippen molar-refractivity contribution in [2.75, 3.05) is 6.61 Å². The van der Waals surface area contributed by atoms with E-state index in [-0.39, 0.29) is 12.4 Å². The Balaban J connectivity index is 2.01. The Kier molecular flexibility index (Phi) is 6.13. The molecule has 0 spiro atoms. The van der Waals surface area contributed by atoms with E-state index < -0.39 is 0 Å². The fourth-order valence-electron chi connectivity index (χ4n) is 1.79. The number of benzene rings is 2. The summed E-state index contributed by atoms with van der Waals surface area (Å²) in [4.78, 5) is 0. The molecule has 1 N–H and O–H groups in total. The summed E-state index contributed by atoms with van der Waals surface area (Å²) in [6.45, 7) is -0.228. The summed E-state index contributed by atoms with van der Waals surface area (Å²) in [5.74, 6) is 6.62. The fraction of sp³-hybridized carbons (Fsp3) is 0.176. The molecule has 0 bridgehead atoms. The molecule has 0 aliphatic rings. The standard InChI is InChI=1S/C17H14ClFOS/c18-16-6-3-13(4-7-16)11-21-12-15-5-8-17(19)10-14(15)2-1-9-20/h3-8,10,20H,9,11-12H2. The highest BCUT2D eigenvalue weighted by atomic mass is 35.5. The van der Waals surface area contributed by atoms with Crippen LogP contribution in [0.5, 0.6) is 0 Å². The normalized spacial score (nSPS) is 10.0. The van der Waals surface area contributed by atoms with Gasteiger partial charge in [-0.1, -0.05) is 41.6 Å². The Hall–Kier alpha value is -1.47. The second kappa shape index (κ2) is 8.09. The van der Waals surface area contributed by atoms with Crippen molar-refractivity contribution >= 4 is 23.4 Å². The zero-order valence-corrected chi connectivity index (χ0v) is 12.8. The summed E-state index contributed by atoms with van der Waals surface area (Å²) >= 11 is 7.57. The third kappa shape index (κ3) is 5.09. The Morgan fingerprint density at radius 1 is 1.10 bits per heavy atom. The van der Waals surface area contributed by atoms with Gasteiger partial charge >= 0.3 is 0 Å². The van der Waals surface area contributed by atoms with E-state index in [0.717, 1.165) is 22.1 Å². The van der Waals surface area contributed by atoms with Crippen LogP contribution >= 0.6 is 23.4 Å². The summed E-state index contributed by atoms with van der Waals surface area (Å²) in [5, 5.41) is 9.48. The topological polar surface area (TPSA) is 20.2 Å². The molecule has 2 aromatic rings. The zero-order valence-electron chi connectivity index (χ0n) is 11.3. The van der Waals surface area contributed by atoms with E-state index in [4.69, 9.17) is 16.7 Å². The maximum atomic E-state index is 13.2. The van der Waals surface area contributed by atoms with Crippen molar-refractivity contribution in [3.8, 4) is 11.8 Å². The van der Waals surface area contributed by atoms with Crippen LogP contribution in [-0.4, -0.2) is 11.7 Å². The van der Waals surface area contributed by atoms with E-state index in [0.29, 0.717) is 5.56 Å². The first-order chi connectivity index (χ1) is 10.2. The molecule has 0 heterocycles. The molecule has 0 aromatic heterocycles. The summed E-state index contributed by atoms with van der Waals surface area (Å²) < 4.78 is 13.2. The molecule has 0 aliphatic heterocycles. The van der Waals surface area contributed by atoms with E-state index in [1.165, 1.54) is 17.7 Å². The summed E-state index contributed by atoms with van der Waals surface area (Å²) in [5.41, 5.74) is 2.79. The molecule has 0 saturated carbocycles. The first-order valence-electron chi connectivity index (χ1n) is 6.39. The molecular weight excluding hydrogens is 307 g/mol. The van der Waals surface area contributed by atoms with Crippen molar-refractivity contribution in [2.24, 2.45) is 0 Å². The predicted octanol–water partition coefficient (Wildman–Crippen LogP) is 4.26. The van der Waals surface area contributed by atoms with Gasteiger partial charge in [-0.25, -0.2) is 4.39 Å². The minimum atomic E-state index is -0.316. The molecule has 2 rings (SSSR count).